The van der Waals surface area contributed by atoms with Crippen molar-refractivity contribution in [2.24, 2.45) is 0 Å². The summed E-state index contributed by atoms with van der Waals surface area (Å²) in [6.07, 6.45) is -0.0202. The Labute approximate surface area is 156 Å². The molecule has 0 aliphatic carbocycles. The first-order valence-corrected chi connectivity index (χ1v) is 9.51. The van der Waals surface area contributed by atoms with Gasteiger partial charge in [-0.3, -0.25) is 14.2 Å². The molecule has 0 radical (unpaired) electrons. The number of carbonyl (C=O) groups excluding carboxylic acids is 1. The number of ether oxygens (including phenoxy) is 1. The van der Waals surface area contributed by atoms with Crippen LogP contribution < -0.4 is 14.9 Å². The quantitative estimate of drug-likeness (QED) is 0.708. The van der Waals surface area contributed by atoms with E-state index in [-0.39, 0.29) is 10.8 Å². The number of anilines is 1. The maximum Gasteiger partial charge on any atom is 0.308 e. The van der Waals surface area contributed by atoms with Crippen LogP contribution in [0.4, 0.5) is 5.69 Å². The molecule has 26 heavy (non-hydrogen) atoms. The number of hydrogen-bond acceptors (Lipinski definition) is 4. The van der Waals surface area contributed by atoms with Crippen LogP contribution in [-0.2, 0) is 11.3 Å². The Kier molecular flexibility index (Phi) is 5.42. The summed E-state index contributed by atoms with van der Waals surface area (Å²) in [5.41, 5.74) is 2.64. The average Bonchev–Trinajstić information content (AvgIpc) is 2.93. The maximum atomic E-state index is 12.6. The van der Waals surface area contributed by atoms with Crippen molar-refractivity contribution in [1.82, 2.24) is 4.57 Å². The smallest absolute Gasteiger partial charge is 0.308 e. The lowest BCUT2D eigenvalue weighted by molar-refractivity contribution is -0.122. The summed E-state index contributed by atoms with van der Waals surface area (Å²) in [7, 11) is 0. The van der Waals surface area contributed by atoms with E-state index in [9.17, 15) is 9.59 Å². The van der Waals surface area contributed by atoms with Gasteiger partial charge in [-0.15, -0.1) is 0 Å². The number of benzene rings is 2. The van der Waals surface area contributed by atoms with Gasteiger partial charge in [-0.1, -0.05) is 30.4 Å². The van der Waals surface area contributed by atoms with E-state index in [4.69, 9.17) is 4.74 Å². The molecule has 0 aliphatic rings. The minimum atomic E-state index is -0.577. The summed E-state index contributed by atoms with van der Waals surface area (Å²) < 4.78 is 8.43. The molecule has 1 heterocycles. The third-order valence-electron chi connectivity index (χ3n) is 4.18. The molecule has 3 aromatic rings. The van der Waals surface area contributed by atoms with E-state index in [1.54, 1.807) is 4.57 Å². The summed E-state index contributed by atoms with van der Waals surface area (Å²) in [6.45, 7) is 6.47. The van der Waals surface area contributed by atoms with Crippen molar-refractivity contribution in [3.05, 3.63) is 57.7 Å². The number of carbonyl (C=O) groups is 1. The molecule has 1 N–H and O–H groups in total. The Bertz CT molecular complexity index is 990. The molecule has 0 saturated heterocycles. The number of aromatic nitrogens is 1. The molecule has 0 saturated carbocycles. The second-order valence-electron chi connectivity index (χ2n) is 6.12. The Hall–Kier alpha value is -2.60. The van der Waals surface area contributed by atoms with Crippen LogP contribution in [0.3, 0.4) is 0 Å². The van der Waals surface area contributed by atoms with Crippen molar-refractivity contribution in [3.8, 4) is 5.75 Å². The molecule has 1 atom stereocenters. The molecule has 5 nitrogen and oxygen atoms in total. The van der Waals surface area contributed by atoms with Crippen molar-refractivity contribution in [2.75, 3.05) is 5.32 Å². The number of rotatable bonds is 6. The molecule has 0 aliphatic heterocycles. The van der Waals surface area contributed by atoms with E-state index in [0.717, 1.165) is 15.8 Å². The van der Waals surface area contributed by atoms with Gasteiger partial charge in [-0.25, -0.2) is 0 Å². The molecule has 0 spiro atoms. The van der Waals surface area contributed by atoms with Crippen LogP contribution in [0.15, 0.2) is 47.3 Å². The first kappa shape index (κ1) is 18.2. The Morgan fingerprint density at radius 2 is 2.04 bits per heavy atom. The van der Waals surface area contributed by atoms with Crippen molar-refractivity contribution >= 4 is 33.1 Å². The molecule has 0 unspecified atom stereocenters. The monoisotopic (exact) mass is 370 g/mol. The molecule has 0 fully saturated rings. The van der Waals surface area contributed by atoms with Gasteiger partial charge >= 0.3 is 4.87 Å². The fourth-order valence-electron chi connectivity index (χ4n) is 2.84. The molecule has 3 rings (SSSR count). The lowest BCUT2D eigenvalue weighted by Crippen LogP contribution is -2.32. The summed E-state index contributed by atoms with van der Waals surface area (Å²) in [5, 5.41) is 2.90. The van der Waals surface area contributed by atoms with Gasteiger partial charge in [0.05, 0.1) is 10.2 Å². The highest BCUT2D eigenvalue weighted by atomic mass is 32.1. The Balaban J connectivity index is 1.77. The van der Waals surface area contributed by atoms with Gasteiger partial charge < -0.3 is 10.1 Å². The predicted octanol–water partition coefficient (Wildman–Crippen LogP) is 4.19. The summed E-state index contributed by atoms with van der Waals surface area (Å²) in [4.78, 5) is 24.6. The largest absolute Gasteiger partial charge is 0.481 e. The van der Waals surface area contributed by atoms with E-state index < -0.39 is 6.10 Å². The lowest BCUT2D eigenvalue weighted by atomic mass is 10.2. The zero-order chi connectivity index (χ0) is 18.7. The van der Waals surface area contributed by atoms with E-state index in [1.807, 2.05) is 63.2 Å². The first-order valence-electron chi connectivity index (χ1n) is 8.69. The predicted molar refractivity (Wildman–Crippen MR) is 106 cm³/mol. The number of fused-ring (bicyclic) bond motifs is 1. The molecule has 0 bridgehead atoms. The molecular weight excluding hydrogens is 348 g/mol. The second-order valence-corrected chi connectivity index (χ2v) is 7.11. The highest BCUT2D eigenvalue weighted by Crippen LogP contribution is 2.23. The molecule has 6 heteroatoms. The van der Waals surface area contributed by atoms with Gasteiger partial charge in [0, 0.05) is 12.2 Å². The zero-order valence-electron chi connectivity index (χ0n) is 15.1. The maximum absolute atomic E-state index is 12.6. The van der Waals surface area contributed by atoms with Gasteiger partial charge in [0.1, 0.15) is 5.75 Å². The van der Waals surface area contributed by atoms with E-state index in [1.165, 1.54) is 11.3 Å². The molecule has 2 aromatic carbocycles. The van der Waals surface area contributed by atoms with Crippen molar-refractivity contribution < 1.29 is 9.53 Å². The number of nitrogens with zero attached hydrogens (tertiary/aromatic N) is 1. The minimum Gasteiger partial charge on any atom is -0.481 e. The van der Waals surface area contributed by atoms with Crippen LogP contribution in [0, 0.1) is 6.92 Å². The normalized spacial score (nSPS) is 12.1. The number of aryl methyl sites for hydroxylation is 2. The van der Waals surface area contributed by atoms with Crippen molar-refractivity contribution in [2.45, 2.75) is 39.8 Å². The van der Waals surface area contributed by atoms with Crippen LogP contribution in [0.2, 0.25) is 0 Å². The fourth-order valence-corrected chi connectivity index (χ4v) is 3.84. The van der Waals surface area contributed by atoms with E-state index in [2.05, 4.69) is 5.32 Å². The zero-order valence-corrected chi connectivity index (χ0v) is 15.9. The number of nitrogens with one attached hydrogen (secondary N) is 1. The second kappa shape index (κ2) is 7.74. The summed E-state index contributed by atoms with van der Waals surface area (Å²) in [6, 6.07) is 13.2. The Morgan fingerprint density at radius 1 is 1.23 bits per heavy atom. The summed E-state index contributed by atoms with van der Waals surface area (Å²) >= 11 is 1.19. The highest BCUT2D eigenvalue weighted by molar-refractivity contribution is 7.16. The van der Waals surface area contributed by atoms with Crippen molar-refractivity contribution in [3.63, 3.8) is 0 Å². The molecule has 1 aromatic heterocycles. The third kappa shape index (κ3) is 3.80. The lowest BCUT2D eigenvalue weighted by Gasteiger charge is -2.17. The number of hydrogen-bond donors (Lipinski definition) is 1. The average molecular weight is 370 g/mol. The van der Waals surface area contributed by atoms with Gasteiger partial charge in [0.15, 0.2) is 6.10 Å². The van der Waals surface area contributed by atoms with Crippen LogP contribution in [0.25, 0.3) is 10.2 Å². The summed E-state index contributed by atoms with van der Waals surface area (Å²) in [5.74, 6) is 0.483. The van der Waals surface area contributed by atoms with Gasteiger partial charge in [0.2, 0.25) is 0 Å². The number of amides is 1. The minimum absolute atomic E-state index is 0.0141. The first-order chi connectivity index (χ1) is 12.5. The van der Waals surface area contributed by atoms with E-state index >= 15 is 0 Å². The van der Waals surface area contributed by atoms with Crippen LogP contribution >= 0.6 is 11.3 Å². The van der Waals surface area contributed by atoms with E-state index in [0.29, 0.717) is 24.4 Å². The molecule has 1 amide bonds. The number of thiazole rings is 1. The molecule has 136 valence electrons. The van der Waals surface area contributed by atoms with Gasteiger partial charge in [0.25, 0.3) is 5.91 Å². The topological polar surface area (TPSA) is 60.3 Å². The SMILES string of the molecule is CC[C@H](Oc1cccc(C)c1)C(=O)Nc1ccc2c(c1)sc(=O)n2CC. The van der Waals surface area contributed by atoms with Crippen molar-refractivity contribution in [1.29, 1.82) is 0 Å². The van der Waals surface area contributed by atoms with Gasteiger partial charge in [-0.2, -0.15) is 0 Å². The highest BCUT2D eigenvalue weighted by Gasteiger charge is 2.19. The fraction of sp³-hybridized carbons (Fsp3) is 0.300. The van der Waals surface area contributed by atoms with Crippen LogP contribution in [0.5, 0.6) is 5.75 Å². The van der Waals surface area contributed by atoms with Gasteiger partial charge in [-0.05, 0) is 56.2 Å². The standard InChI is InChI=1S/C20H22N2O3S/c1-4-17(25-15-8-6-7-13(3)11-15)19(23)21-14-9-10-16-18(12-14)26-20(24)22(16)5-2/h6-12,17H,4-5H2,1-3H3,(H,21,23)/t17-/m0/s1. The molecular formula is C20H22N2O3S. The third-order valence-corrected chi connectivity index (χ3v) is 5.13. The van der Waals surface area contributed by atoms with Crippen LogP contribution in [0.1, 0.15) is 25.8 Å². The Morgan fingerprint density at radius 3 is 2.73 bits per heavy atom. The van der Waals surface area contributed by atoms with Crippen LogP contribution in [-0.4, -0.2) is 16.6 Å².